The van der Waals surface area contributed by atoms with Crippen LogP contribution in [0.15, 0.2) is 261 Å². The molecule has 0 aliphatic rings. The van der Waals surface area contributed by atoms with Gasteiger partial charge in [0.2, 0.25) is 0 Å². The number of hydrogen-bond acceptors (Lipinski definition) is 4. The number of rotatable bonds is 6. The number of fused-ring (bicyclic) bond motifs is 12. The van der Waals surface area contributed by atoms with Crippen molar-refractivity contribution in [2.24, 2.45) is 0 Å². The third kappa shape index (κ3) is 8.20. The van der Waals surface area contributed by atoms with Crippen molar-refractivity contribution in [2.75, 3.05) is 0 Å². The van der Waals surface area contributed by atoms with Gasteiger partial charge in [-0.1, -0.05) is 121 Å². The fraction of sp³-hybridized carbons (Fsp3) is 0. The number of para-hydroxylation sites is 5. The third-order valence-electron chi connectivity index (χ3n) is 16.5. The third-order valence-corrected chi connectivity index (χ3v) is 16.5. The van der Waals surface area contributed by atoms with Crippen LogP contribution >= 0.6 is 0 Å². The lowest BCUT2D eigenvalue weighted by Crippen LogP contribution is -1.97. The monoisotopic (exact) mass is 1090 g/mol. The van der Waals surface area contributed by atoms with Gasteiger partial charge in [0.15, 0.2) is 5.69 Å². The van der Waals surface area contributed by atoms with Crippen LogP contribution in [-0.2, 0) is 0 Å². The maximum atomic E-state index is 10.1. The van der Waals surface area contributed by atoms with E-state index in [2.05, 4.69) is 187 Å². The van der Waals surface area contributed by atoms with Crippen molar-refractivity contribution in [3.8, 4) is 69.3 Å². The highest BCUT2D eigenvalue weighted by atomic mass is 15.0. The van der Waals surface area contributed by atoms with E-state index in [1.165, 1.54) is 10.8 Å². The summed E-state index contributed by atoms with van der Waals surface area (Å²) in [5, 5.41) is 47.9. The minimum atomic E-state index is 0.563. The number of benzene rings is 12. The van der Waals surface area contributed by atoms with E-state index in [-0.39, 0.29) is 0 Å². The normalized spacial score (nSPS) is 11.2. The Morgan fingerprint density at radius 3 is 0.930 bits per heavy atom. The van der Waals surface area contributed by atoms with Gasteiger partial charge in [-0.25, -0.2) is 4.85 Å². The van der Waals surface area contributed by atoms with Crippen LogP contribution in [0.4, 0.5) is 5.69 Å². The molecule has 86 heavy (non-hydrogen) atoms. The highest BCUT2D eigenvalue weighted by Crippen LogP contribution is 2.40. The zero-order valence-corrected chi connectivity index (χ0v) is 45.9. The minimum Gasteiger partial charge on any atom is -0.309 e. The summed E-state index contributed by atoms with van der Waals surface area (Å²) in [5.74, 6) is 0. The van der Waals surface area contributed by atoms with Crippen molar-refractivity contribution >= 4 is 92.9 Å². The van der Waals surface area contributed by atoms with Crippen LogP contribution in [0.25, 0.3) is 137 Å². The molecule has 0 atom stereocenters. The summed E-state index contributed by atoms with van der Waals surface area (Å²) in [6.07, 6.45) is 0. The zero-order valence-electron chi connectivity index (χ0n) is 45.9. The maximum absolute atomic E-state index is 10.1. The van der Waals surface area contributed by atoms with Gasteiger partial charge in [-0.15, -0.1) is 0 Å². The molecule has 0 unspecified atom stereocenters. The van der Waals surface area contributed by atoms with Crippen LogP contribution in [0.5, 0.6) is 0 Å². The summed E-state index contributed by atoms with van der Waals surface area (Å²) in [6.45, 7) is 7.52. The molecule has 0 saturated heterocycles. The molecule has 396 valence electrons. The lowest BCUT2D eigenvalue weighted by molar-refractivity contribution is 1.17. The Morgan fingerprint density at radius 1 is 0.244 bits per heavy atom. The number of aromatic nitrogens is 4. The molecular weight excluding hydrogens is 1050 g/mol. The van der Waals surface area contributed by atoms with Crippen LogP contribution in [0.2, 0.25) is 0 Å². The molecule has 9 heteroatoms. The predicted molar refractivity (Wildman–Crippen MR) is 346 cm³/mol. The minimum absolute atomic E-state index is 0.563. The van der Waals surface area contributed by atoms with Crippen molar-refractivity contribution in [1.29, 1.82) is 21.0 Å². The fourth-order valence-corrected chi connectivity index (χ4v) is 12.7. The van der Waals surface area contributed by atoms with Gasteiger partial charge >= 0.3 is 0 Å². The van der Waals surface area contributed by atoms with Gasteiger partial charge in [0.05, 0.1) is 97.2 Å². The van der Waals surface area contributed by atoms with Crippen LogP contribution in [0.3, 0.4) is 0 Å². The summed E-state index contributed by atoms with van der Waals surface area (Å²) >= 11 is 0. The summed E-state index contributed by atoms with van der Waals surface area (Å²) in [7, 11) is 0. The fourth-order valence-electron chi connectivity index (χ4n) is 12.7. The summed E-state index contributed by atoms with van der Waals surface area (Å²) in [5.41, 5.74) is 19.2. The van der Waals surface area contributed by atoms with E-state index in [1.54, 1.807) is 0 Å². The largest absolute Gasteiger partial charge is 0.309 e. The Kier molecular flexibility index (Phi) is 11.9. The average molecular weight is 1090 g/mol. The predicted octanol–water partition coefficient (Wildman–Crippen LogP) is 19.1. The van der Waals surface area contributed by atoms with Gasteiger partial charge in [0.25, 0.3) is 0 Å². The van der Waals surface area contributed by atoms with Crippen LogP contribution < -0.4 is 0 Å². The summed E-state index contributed by atoms with van der Waals surface area (Å²) < 4.78 is 8.90. The molecule has 0 bridgehead atoms. The molecule has 0 aliphatic carbocycles. The van der Waals surface area contributed by atoms with E-state index in [0.29, 0.717) is 27.9 Å². The second kappa shape index (κ2) is 20.4. The Labute approximate surface area is 493 Å². The second-order valence-electron chi connectivity index (χ2n) is 21.3. The molecule has 0 aliphatic heterocycles. The lowest BCUT2D eigenvalue weighted by Gasteiger charge is -2.13. The second-order valence-corrected chi connectivity index (χ2v) is 21.3. The van der Waals surface area contributed by atoms with Crippen LogP contribution in [0.1, 0.15) is 22.3 Å². The first-order chi connectivity index (χ1) is 42.4. The summed E-state index contributed by atoms with van der Waals surface area (Å²) in [6, 6.07) is 97.1. The van der Waals surface area contributed by atoms with Crippen molar-refractivity contribution in [2.45, 2.75) is 0 Å². The zero-order chi connectivity index (χ0) is 58.0. The Morgan fingerprint density at radius 2 is 0.558 bits per heavy atom. The summed E-state index contributed by atoms with van der Waals surface area (Å²) in [4.78, 5) is 3.65. The molecule has 4 heterocycles. The molecule has 0 N–H and O–H groups in total. The van der Waals surface area contributed by atoms with Crippen molar-refractivity contribution in [3.63, 3.8) is 0 Å². The van der Waals surface area contributed by atoms with E-state index in [1.807, 2.05) is 121 Å². The SMILES string of the molecule is N#Cc1cc(-c2cccc(-n3c4ccccc4c4cc(C#N)ccc43)c2)cc(-n2c3ccccc3c3ccccc32)c1.[C-]#[N+]c1ccc2c(c1)c1ccccc1n2-c1cc(C#N)cc(-c2cccc(-n3c4ccccc4c4cc(C#N)ccc43)c2)c1. The molecule has 0 radical (unpaired) electrons. The number of hydrogen-bond donors (Lipinski definition) is 0. The first-order valence-corrected chi connectivity index (χ1v) is 28.0. The smallest absolute Gasteiger partial charge is 0.188 e. The van der Waals surface area contributed by atoms with Gasteiger partial charge in [-0.05, 0) is 167 Å². The molecule has 9 nitrogen and oxygen atoms in total. The average Bonchev–Trinajstić information content (AvgIpc) is 1.93. The van der Waals surface area contributed by atoms with Gasteiger partial charge in [0.1, 0.15) is 0 Å². The molecule has 12 aromatic carbocycles. The molecular formula is C77H43N9. The van der Waals surface area contributed by atoms with Crippen molar-refractivity contribution < 1.29 is 0 Å². The maximum Gasteiger partial charge on any atom is 0.188 e. The van der Waals surface area contributed by atoms with Gasteiger partial charge < -0.3 is 18.3 Å². The highest BCUT2D eigenvalue weighted by Gasteiger charge is 2.19. The number of nitrogens with zero attached hydrogens (tertiary/aromatic N) is 9. The molecule has 16 rings (SSSR count). The van der Waals surface area contributed by atoms with E-state index in [9.17, 15) is 21.0 Å². The van der Waals surface area contributed by atoms with E-state index >= 15 is 0 Å². The Hall–Kier alpha value is -12.7. The molecule has 0 saturated carbocycles. The molecule has 0 amide bonds. The molecule has 4 aromatic heterocycles. The highest BCUT2D eigenvalue weighted by molar-refractivity contribution is 6.13. The lowest BCUT2D eigenvalue weighted by atomic mass is 10.0. The first-order valence-electron chi connectivity index (χ1n) is 28.0. The Balaban J connectivity index is 0.000000145. The van der Waals surface area contributed by atoms with Gasteiger partial charge in [-0.3, -0.25) is 0 Å². The van der Waals surface area contributed by atoms with E-state index in [0.717, 1.165) is 121 Å². The van der Waals surface area contributed by atoms with Crippen LogP contribution in [0, 0.1) is 51.9 Å². The van der Waals surface area contributed by atoms with Gasteiger partial charge in [0, 0.05) is 60.5 Å². The first kappa shape index (κ1) is 50.3. The van der Waals surface area contributed by atoms with Gasteiger partial charge in [-0.2, -0.15) is 21.0 Å². The topological polar surface area (TPSA) is 119 Å². The van der Waals surface area contributed by atoms with Crippen LogP contribution in [-0.4, -0.2) is 18.3 Å². The quantitative estimate of drug-likeness (QED) is 0.154. The molecule has 0 fully saturated rings. The van der Waals surface area contributed by atoms with Crippen molar-refractivity contribution in [3.05, 3.63) is 295 Å². The Bertz CT molecular complexity index is 5700. The van der Waals surface area contributed by atoms with E-state index < -0.39 is 0 Å². The molecule has 16 aromatic rings. The van der Waals surface area contributed by atoms with Crippen molar-refractivity contribution in [1.82, 2.24) is 18.3 Å². The standard InChI is InChI=1S/C39H21N5.C38H22N4/c1-42-29-14-16-39-35(22-29)33-10-3-5-12-37(33)44(39)31-18-26(24-41)17-28(21-31)27-7-6-8-30(20-27)43-36-11-4-2-9-32(36)34-19-25(23-40)13-15-38(34)43;39-23-25-16-17-38-34(20-25)33-12-3-6-15-37(33)41(38)29-9-7-8-27(21-29)28-18-26(24-40)19-30(22-28)42-35-13-4-1-10-31(35)32-11-2-5-14-36(32)42/h2-22H;1-22H. The molecule has 0 spiro atoms. The number of nitriles is 4. The van der Waals surface area contributed by atoms with E-state index in [4.69, 9.17) is 6.57 Å².